The first-order valence-electron chi connectivity index (χ1n) is 11.3. The van der Waals surface area contributed by atoms with Gasteiger partial charge >= 0.3 is 0 Å². The maximum atomic E-state index is 12.6. The second kappa shape index (κ2) is 10.0. The number of aromatic nitrogens is 3. The quantitative estimate of drug-likeness (QED) is 0.340. The molecule has 1 aliphatic heterocycles. The van der Waals surface area contributed by atoms with Crippen LogP contribution in [0.4, 0.5) is 11.9 Å². The Balaban J connectivity index is 1.41. The van der Waals surface area contributed by atoms with Gasteiger partial charge in [-0.25, -0.2) is 4.68 Å². The fraction of sp³-hybridized carbons (Fsp3) is 0.148. The SMILES string of the molecule is COc1ccccc1C=CC(=O)Nc1nc2n(n1)C(c1ccc(Cl)cc1)CC(c1ccccc1)N2. The molecule has 0 saturated carbocycles. The van der Waals surface area contributed by atoms with E-state index in [0.29, 0.717) is 16.7 Å². The highest BCUT2D eigenvalue weighted by atomic mass is 35.5. The first-order chi connectivity index (χ1) is 17.1. The molecule has 5 rings (SSSR count). The average molecular weight is 486 g/mol. The second-order valence-corrected chi connectivity index (χ2v) is 8.62. The third-order valence-electron chi connectivity index (χ3n) is 5.93. The van der Waals surface area contributed by atoms with E-state index in [0.717, 1.165) is 23.1 Å². The number of para-hydroxylation sites is 1. The Morgan fingerprint density at radius 1 is 1.06 bits per heavy atom. The van der Waals surface area contributed by atoms with E-state index in [1.54, 1.807) is 13.2 Å². The van der Waals surface area contributed by atoms with Crippen molar-refractivity contribution in [2.45, 2.75) is 18.5 Å². The molecule has 1 amide bonds. The second-order valence-electron chi connectivity index (χ2n) is 8.18. The van der Waals surface area contributed by atoms with Crippen molar-refractivity contribution in [3.63, 3.8) is 0 Å². The van der Waals surface area contributed by atoms with Crippen molar-refractivity contribution in [3.8, 4) is 5.75 Å². The van der Waals surface area contributed by atoms with Crippen molar-refractivity contribution < 1.29 is 9.53 Å². The van der Waals surface area contributed by atoms with E-state index in [1.165, 1.54) is 6.08 Å². The van der Waals surface area contributed by atoms with Crippen molar-refractivity contribution in [2.75, 3.05) is 17.7 Å². The summed E-state index contributed by atoms with van der Waals surface area (Å²) in [7, 11) is 1.60. The highest BCUT2D eigenvalue weighted by molar-refractivity contribution is 6.30. The zero-order valence-corrected chi connectivity index (χ0v) is 19.8. The number of nitrogens with zero attached hydrogens (tertiary/aromatic N) is 3. The molecule has 4 aromatic rings. The van der Waals surface area contributed by atoms with Gasteiger partial charge in [0.1, 0.15) is 5.75 Å². The van der Waals surface area contributed by atoms with E-state index in [4.69, 9.17) is 16.3 Å². The molecule has 1 aliphatic rings. The minimum absolute atomic E-state index is 0.0440. The third-order valence-corrected chi connectivity index (χ3v) is 6.19. The van der Waals surface area contributed by atoms with E-state index in [9.17, 15) is 4.79 Å². The molecule has 176 valence electrons. The topological polar surface area (TPSA) is 81.1 Å². The fourth-order valence-electron chi connectivity index (χ4n) is 4.22. The summed E-state index contributed by atoms with van der Waals surface area (Å²) in [6.07, 6.45) is 3.90. The molecule has 0 bridgehead atoms. The molecular formula is C27H24ClN5O2. The Hall–Kier alpha value is -4.10. The van der Waals surface area contributed by atoms with Gasteiger partial charge in [-0.1, -0.05) is 72.3 Å². The summed E-state index contributed by atoms with van der Waals surface area (Å²) in [5, 5.41) is 11.5. The Kier molecular flexibility index (Phi) is 6.50. The van der Waals surface area contributed by atoms with Crippen LogP contribution in [-0.2, 0) is 4.79 Å². The zero-order chi connectivity index (χ0) is 24.2. The minimum atomic E-state index is -0.332. The first-order valence-corrected chi connectivity index (χ1v) is 11.6. The number of hydrogen-bond acceptors (Lipinski definition) is 5. The lowest BCUT2D eigenvalue weighted by Gasteiger charge is -2.31. The van der Waals surface area contributed by atoms with Crippen LogP contribution in [0.5, 0.6) is 5.75 Å². The molecule has 0 fully saturated rings. The summed E-state index contributed by atoms with van der Waals surface area (Å²) >= 11 is 6.12. The smallest absolute Gasteiger partial charge is 0.250 e. The summed E-state index contributed by atoms with van der Waals surface area (Å²) < 4.78 is 7.15. The number of hydrogen-bond donors (Lipinski definition) is 2. The number of anilines is 2. The molecular weight excluding hydrogens is 462 g/mol. The molecule has 2 heterocycles. The lowest BCUT2D eigenvalue weighted by Crippen LogP contribution is -2.28. The summed E-state index contributed by atoms with van der Waals surface area (Å²) in [6.45, 7) is 0. The number of nitrogens with one attached hydrogen (secondary N) is 2. The lowest BCUT2D eigenvalue weighted by molar-refractivity contribution is -0.111. The van der Waals surface area contributed by atoms with Gasteiger partial charge in [-0.3, -0.25) is 10.1 Å². The predicted octanol–water partition coefficient (Wildman–Crippen LogP) is 5.74. The average Bonchev–Trinajstić information content (AvgIpc) is 3.30. The van der Waals surface area contributed by atoms with Crippen LogP contribution in [0.2, 0.25) is 5.02 Å². The van der Waals surface area contributed by atoms with Gasteiger partial charge in [0.15, 0.2) is 0 Å². The van der Waals surface area contributed by atoms with Gasteiger partial charge in [0, 0.05) is 16.7 Å². The van der Waals surface area contributed by atoms with Gasteiger partial charge in [-0.05, 0) is 41.8 Å². The molecule has 35 heavy (non-hydrogen) atoms. The van der Waals surface area contributed by atoms with Crippen LogP contribution in [0.15, 0.2) is 84.9 Å². The van der Waals surface area contributed by atoms with Gasteiger partial charge in [0.2, 0.25) is 5.95 Å². The van der Waals surface area contributed by atoms with Crippen LogP contribution < -0.4 is 15.4 Å². The number of carbonyl (C=O) groups is 1. The Labute approximate surface area is 208 Å². The van der Waals surface area contributed by atoms with Crippen molar-refractivity contribution in [1.82, 2.24) is 14.8 Å². The maximum absolute atomic E-state index is 12.6. The lowest BCUT2D eigenvalue weighted by atomic mass is 9.93. The Morgan fingerprint density at radius 2 is 1.80 bits per heavy atom. The largest absolute Gasteiger partial charge is 0.496 e. The number of amides is 1. The van der Waals surface area contributed by atoms with Gasteiger partial charge in [0.05, 0.1) is 19.2 Å². The highest BCUT2D eigenvalue weighted by Gasteiger charge is 2.31. The molecule has 0 aliphatic carbocycles. The Morgan fingerprint density at radius 3 is 2.57 bits per heavy atom. The van der Waals surface area contributed by atoms with E-state index < -0.39 is 0 Å². The van der Waals surface area contributed by atoms with Crippen molar-refractivity contribution in [1.29, 1.82) is 0 Å². The van der Waals surface area contributed by atoms with Crippen LogP contribution in [-0.4, -0.2) is 27.8 Å². The van der Waals surface area contributed by atoms with E-state index in [1.807, 2.05) is 71.4 Å². The molecule has 0 radical (unpaired) electrons. The Bertz CT molecular complexity index is 1350. The number of methoxy groups -OCH3 is 1. The summed E-state index contributed by atoms with van der Waals surface area (Å²) in [6, 6.07) is 25.4. The molecule has 2 atom stereocenters. The summed E-state index contributed by atoms with van der Waals surface area (Å²) in [5.41, 5.74) is 3.03. The number of ether oxygens (including phenoxy) is 1. The van der Waals surface area contributed by atoms with E-state index in [2.05, 4.69) is 32.8 Å². The van der Waals surface area contributed by atoms with Crippen molar-refractivity contribution in [2.24, 2.45) is 0 Å². The number of carbonyl (C=O) groups excluding carboxylic acids is 1. The monoisotopic (exact) mass is 485 g/mol. The van der Waals surface area contributed by atoms with Gasteiger partial charge in [-0.2, -0.15) is 4.98 Å². The van der Waals surface area contributed by atoms with Crippen LogP contribution in [0.3, 0.4) is 0 Å². The molecule has 1 aromatic heterocycles. The maximum Gasteiger partial charge on any atom is 0.250 e. The molecule has 0 saturated heterocycles. The zero-order valence-electron chi connectivity index (χ0n) is 19.1. The van der Waals surface area contributed by atoms with Gasteiger partial charge < -0.3 is 10.1 Å². The van der Waals surface area contributed by atoms with Gasteiger partial charge in [0.25, 0.3) is 11.9 Å². The number of fused-ring (bicyclic) bond motifs is 1. The predicted molar refractivity (Wildman–Crippen MR) is 138 cm³/mol. The number of rotatable bonds is 6. The molecule has 7 nitrogen and oxygen atoms in total. The number of halogens is 1. The minimum Gasteiger partial charge on any atom is -0.496 e. The normalized spacial score (nSPS) is 17.0. The summed E-state index contributed by atoms with van der Waals surface area (Å²) in [4.78, 5) is 17.2. The van der Waals surface area contributed by atoms with E-state index >= 15 is 0 Å². The van der Waals surface area contributed by atoms with Crippen LogP contribution in [0, 0.1) is 0 Å². The molecule has 3 aromatic carbocycles. The van der Waals surface area contributed by atoms with Crippen LogP contribution >= 0.6 is 11.6 Å². The number of benzene rings is 3. The molecule has 8 heteroatoms. The van der Waals surface area contributed by atoms with E-state index in [-0.39, 0.29) is 23.9 Å². The van der Waals surface area contributed by atoms with Crippen molar-refractivity contribution in [3.05, 3.63) is 107 Å². The van der Waals surface area contributed by atoms with Gasteiger partial charge in [-0.15, -0.1) is 5.10 Å². The standard InChI is InChI=1S/C27H24ClN5O2/c1-35-24-10-6-5-9-20(24)13-16-25(34)30-26-31-27-29-22(18-7-3-2-4-8-18)17-23(33(27)32-26)19-11-14-21(28)15-12-19/h2-16,22-23H,17H2,1H3,(H2,29,30,31,32,34). The molecule has 2 unspecified atom stereocenters. The molecule has 0 spiro atoms. The first kappa shape index (κ1) is 22.7. The van der Waals surface area contributed by atoms with Crippen LogP contribution in [0.25, 0.3) is 6.08 Å². The third kappa shape index (κ3) is 5.05. The highest BCUT2D eigenvalue weighted by Crippen LogP contribution is 2.38. The summed E-state index contributed by atoms with van der Waals surface area (Å²) in [5.74, 6) is 1.18. The van der Waals surface area contributed by atoms with Crippen molar-refractivity contribution >= 4 is 35.5 Å². The fourth-order valence-corrected chi connectivity index (χ4v) is 4.34. The molecule has 2 N–H and O–H groups in total. The van der Waals surface area contributed by atoms with Crippen LogP contribution in [0.1, 0.15) is 35.2 Å².